The van der Waals surface area contributed by atoms with Crippen molar-refractivity contribution in [2.75, 3.05) is 37.4 Å². The lowest BCUT2D eigenvalue weighted by atomic mass is 10.2. The monoisotopic (exact) mass is 292 g/mol. The Morgan fingerprint density at radius 2 is 2.28 bits per heavy atom. The van der Waals surface area contributed by atoms with E-state index >= 15 is 0 Å². The van der Waals surface area contributed by atoms with Crippen molar-refractivity contribution < 1.29 is 13.2 Å². The summed E-state index contributed by atoms with van der Waals surface area (Å²) in [4.78, 5) is 14.0. The van der Waals surface area contributed by atoms with Crippen LogP contribution in [0.4, 0.5) is 0 Å². The summed E-state index contributed by atoms with van der Waals surface area (Å²) >= 11 is 1.74. The molecule has 0 aromatic heterocycles. The highest BCUT2D eigenvalue weighted by atomic mass is 32.2. The van der Waals surface area contributed by atoms with Crippen molar-refractivity contribution in [3.05, 3.63) is 0 Å². The number of sulfone groups is 1. The highest BCUT2D eigenvalue weighted by molar-refractivity contribution is 7.99. The smallest absolute Gasteiger partial charge is 0.240 e. The molecule has 2 unspecified atom stereocenters. The molecule has 1 N–H and O–H groups in total. The number of nitrogens with one attached hydrogen (secondary N) is 1. The number of rotatable bonds is 3. The van der Waals surface area contributed by atoms with Gasteiger partial charge in [0.15, 0.2) is 9.84 Å². The maximum Gasteiger partial charge on any atom is 0.240 e. The van der Waals surface area contributed by atoms with Crippen molar-refractivity contribution >= 4 is 27.5 Å². The van der Waals surface area contributed by atoms with Gasteiger partial charge >= 0.3 is 0 Å². The maximum atomic E-state index is 12.2. The highest BCUT2D eigenvalue weighted by Crippen LogP contribution is 2.22. The number of hydrogen-bond acceptors (Lipinski definition) is 5. The fourth-order valence-electron chi connectivity index (χ4n) is 2.47. The average Bonchev–Trinajstić information content (AvgIpc) is 2.55. The standard InChI is InChI=1S/C11H20N2O3S2/c1-12-10-8-17-5-4-13(11(10)14)7-9-3-2-6-18(9,15)16/h9-10,12H,2-8H2,1H3. The molecule has 1 amide bonds. The number of thioether (sulfide) groups is 1. The van der Waals surface area contributed by atoms with Gasteiger partial charge in [0, 0.05) is 24.6 Å². The van der Waals surface area contributed by atoms with Gasteiger partial charge in [-0.05, 0) is 19.9 Å². The van der Waals surface area contributed by atoms with Crippen molar-refractivity contribution in [1.29, 1.82) is 0 Å². The van der Waals surface area contributed by atoms with Crippen LogP contribution < -0.4 is 5.32 Å². The summed E-state index contributed by atoms with van der Waals surface area (Å²) in [5.74, 6) is 1.98. The molecule has 2 atom stereocenters. The van der Waals surface area contributed by atoms with Crippen molar-refractivity contribution in [2.45, 2.75) is 24.1 Å². The van der Waals surface area contributed by atoms with E-state index in [1.807, 2.05) is 0 Å². The Morgan fingerprint density at radius 1 is 1.50 bits per heavy atom. The number of carbonyl (C=O) groups is 1. The first-order chi connectivity index (χ1) is 8.54. The van der Waals surface area contributed by atoms with Crippen LogP contribution in [0.1, 0.15) is 12.8 Å². The zero-order valence-electron chi connectivity index (χ0n) is 10.6. The maximum absolute atomic E-state index is 12.2. The van der Waals surface area contributed by atoms with E-state index in [1.54, 1.807) is 23.7 Å². The average molecular weight is 292 g/mol. The van der Waals surface area contributed by atoms with Crippen molar-refractivity contribution in [3.63, 3.8) is 0 Å². The lowest BCUT2D eigenvalue weighted by Crippen LogP contribution is -2.48. The lowest BCUT2D eigenvalue weighted by Gasteiger charge is -2.26. The molecule has 0 aromatic rings. The van der Waals surface area contributed by atoms with Crippen molar-refractivity contribution in [2.24, 2.45) is 0 Å². The van der Waals surface area contributed by atoms with Gasteiger partial charge in [-0.15, -0.1) is 0 Å². The first kappa shape index (κ1) is 14.1. The van der Waals surface area contributed by atoms with E-state index in [4.69, 9.17) is 0 Å². The van der Waals surface area contributed by atoms with E-state index in [1.165, 1.54) is 0 Å². The van der Waals surface area contributed by atoms with Crippen LogP contribution in [-0.4, -0.2) is 67.9 Å². The number of nitrogens with zero attached hydrogens (tertiary/aromatic N) is 1. The quantitative estimate of drug-likeness (QED) is 0.775. The van der Waals surface area contributed by atoms with Gasteiger partial charge in [0.1, 0.15) is 0 Å². The summed E-state index contributed by atoms with van der Waals surface area (Å²) in [6.45, 7) is 1.04. The van der Waals surface area contributed by atoms with Gasteiger partial charge in [0.25, 0.3) is 0 Å². The summed E-state index contributed by atoms with van der Waals surface area (Å²) < 4.78 is 23.6. The van der Waals surface area contributed by atoms with Crippen LogP contribution in [-0.2, 0) is 14.6 Å². The predicted octanol–water partition coefficient (Wildman–Crippen LogP) is -0.273. The Morgan fingerprint density at radius 3 is 2.89 bits per heavy atom. The Kier molecular flexibility index (Phi) is 4.55. The molecule has 0 aliphatic carbocycles. The summed E-state index contributed by atoms with van der Waals surface area (Å²) in [6, 6.07) is -0.179. The van der Waals surface area contributed by atoms with Crippen molar-refractivity contribution in [1.82, 2.24) is 10.2 Å². The molecule has 2 saturated heterocycles. The molecule has 7 heteroatoms. The first-order valence-electron chi connectivity index (χ1n) is 6.30. The van der Waals surface area contributed by atoms with E-state index in [0.717, 1.165) is 17.9 Å². The fraction of sp³-hybridized carbons (Fsp3) is 0.909. The molecule has 2 aliphatic rings. The Hall–Kier alpha value is -0.270. The zero-order chi connectivity index (χ0) is 13.2. The Bertz CT molecular complexity index is 411. The van der Waals surface area contributed by atoms with Crippen LogP contribution in [0.2, 0.25) is 0 Å². The largest absolute Gasteiger partial charge is 0.339 e. The molecule has 18 heavy (non-hydrogen) atoms. The highest BCUT2D eigenvalue weighted by Gasteiger charge is 2.35. The third-order valence-electron chi connectivity index (χ3n) is 3.64. The molecule has 5 nitrogen and oxygen atoms in total. The summed E-state index contributed by atoms with van der Waals surface area (Å²) in [5.41, 5.74) is 0. The Balaban J connectivity index is 2.05. The minimum atomic E-state index is -2.97. The van der Waals surface area contributed by atoms with E-state index in [-0.39, 0.29) is 23.0 Å². The molecule has 2 aliphatic heterocycles. The number of amides is 1. The van der Waals surface area contributed by atoms with Crippen LogP contribution in [0.25, 0.3) is 0 Å². The molecular formula is C11H20N2O3S2. The second kappa shape index (κ2) is 5.79. The number of carbonyl (C=O) groups excluding carboxylic acids is 1. The van der Waals surface area contributed by atoms with Gasteiger partial charge in [-0.3, -0.25) is 4.79 Å². The molecule has 0 bridgehead atoms. The van der Waals surface area contributed by atoms with Gasteiger partial charge in [-0.1, -0.05) is 0 Å². The summed E-state index contributed by atoms with van der Waals surface area (Å²) in [5, 5.41) is 2.66. The minimum absolute atomic E-state index is 0.0459. The molecule has 2 fully saturated rings. The second-order valence-electron chi connectivity index (χ2n) is 4.83. The molecular weight excluding hydrogens is 272 g/mol. The predicted molar refractivity (Wildman–Crippen MR) is 73.6 cm³/mol. The number of likely N-dealkylation sites (N-methyl/N-ethyl adjacent to an activating group) is 1. The van der Waals surface area contributed by atoms with E-state index < -0.39 is 9.84 Å². The van der Waals surface area contributed by atoms with Crippen LogP contribution in [0.3, 0.4) is 0 Å². The first-order valence-corrected chi connectivity index (χ1v) is 9.17. The van der Waals surface area contributed by atoms with Crippen molar-refractivity contribution in [3.8, 4) is 0 Å². The van der Waals surface area contributed by atoms with Gasteiger partial charge < -0.3 is 10.2 Å². The zero-order valence-corrected chi connectivity index (χ0v) is 12.2. The van der Waals surface area contributed by atoms with Gasteiger partial charge in [-0.2, -0.15) is 11.8 Å². The molecule has 2 rings (SSSR count). The molecule has 104 valence electrons. The van der Waals surface area contributed by atoms with Crippen LogP contribution >= 0.6 is 11.8 Å². The van der Waals surface area contributed by atoms with Gasteiger partial charge in [0.05, 0.1) is 17.0 Å². The summed E-state index contributed by atoms with van der Waals surface area (Å²) in [6.07, 6.45) is 1.43. The van der Waals surface area contributed by atoms with E-state index in [9.17, 15) is 13.2 Å². The van der Waals surface area contributed by atoms with Crippen LogP contribution in [0.15, 0.2) is 0 Å². The lowest BCUT2D eigenvalue weighted by molar-refractivity contribution is -0.132. The molecule has 0 saturated carbocycles. The third kappa shape index (κ3) is 3.00. The summed E-state index contributed by atoms with van der Waals surface area (Å²) in [7, 11) is -1.19. The third-order valence-corrected chi connectivity index (χ3v) is 6.93. The topological polar surface area (TPSA) is 66.5 Å². The fourth-order valence-corrected chi connectivity index (χ4v) is 5.37. The molecule has 2 heterocycles. The molecule has 0 spiro atoms. The van der Waals surface area contributed by atoms with E-state index in [2.05, 4.69) is 5.32 Å². The Labute approximate surface area is 113 Å². The van der Waals surface area contributed by atoms with Crippen LogP contribution in [0, 0.1) is 0 Å². The van der Waals surface area contributed by atoms with E-state index in [0.29, 0.717) is 19.5 Å². The normalized spacial score (nSPS) is 32.5. The second-order valence-corrected chi connectivity index (χ2v) is 8.38. The van der Waals surface area contributed by atoms with Gasteiger partial charge in [0.2, 0.25) is 5.91 Å². The molecule has 0 aromatic carbocycles. The van der Waals surface area contributed by atoms with Gasteiger partial charge in [-0.25, -0.2) is 8.42 Å². The van der Waals surface area contributed by atoms with Crippen LogP contribution in [0.5, 0.6) is 0 Å². The SMILES string of the molecule is CNC1CSCCN(CC2CCCS2(=O)=O)C1=O. The molecule has 0 radical (unpaired) electrons. The number of hydrogen-bond donors (Lipinski definition) is 1. The minimum Gasteiger partial charge on any atom is -0.339 e.